The van der Waals surface area contributed by atoms with E-state index in [0.717, 1.165) is 5.52 Å². The zero-order valence-electron chi connectivity index (χ0n) is 10.9. The number of nitrogens with zero attached hydrogens (tertiary/aromatic N) is 2. The number of rotatable bonds is 1. The lowest BCUT2D eigenvalue weighted by Crippen LogP contribution is -2.41. The second kappa shape index (κ2) is 3.82. The molecule has 3 heteroatoms. The van der Waals surface area contributed by atoms with E-state index in [2.05, 4.69) is 60.6 Å². The van der Waals surface area contributed by atoms with Crippen LogP contribution in [0.5, 0.6) is 0 Å². The average molecular weight is 239 g/mol. The van der Waals surface area contributed by atoms with Crippen molar-refractivity contribution in [2.75, 3.05) is 7.05 Å². The van der Waals surface area contributed by atoms with E-state index in [1.54, 1.807) is 0 Å². The van der Waals surface area contributed by atoms with Gasteiger partial charge >= 0.3 is 0 Å². The molecule has 1 N–H and O–H groups in total. The summed E-state index contributed by atoms with van der Waals surface area (Å²) >= 11 is 0. The molecule has 3 nitrogen and oxygen atoms in total. The van der Waals surface area contributed by atoms with Crippen molar-refractivity contribution in [2.24, 2.45) is 0 Å². The normalized spacial score (nSPS) is 23.5. The maximum atomic E-state index is 4.51. The number of pyridine rings is 1. The van der Waals surface area contributed by atoms with Crippen LogP contribution in [0.1, 0.15) is 18.1 Å². The van der Waals surface area contributed by atoms with E-state index in [9.17, 15) is 0 Å². The van der Waals surface area contributed by atoms with Gasteiger partial charge in [-0.15, -0.1) is 0 Å². The highest BCUT2D eigenvalue weighted by Crippen LogP contribution is 2.34. The SMILES string of the molecule is Cc1c(C2(C)C=CNN2C)ccc2cccnc12. The second-order valence-corrected chi connectivity index (χ2v) is 4.98. The summed E-state index contributed by atoms with van der Waals surface area (Å²) in [7, 11) is 2.06. The topological polar surface area (TPSA) is 28.2 Å². The van der Waals surface area contributed by atoms with Gasteiger partial charge in [0.2, 0.25) is 0 Å². The van der Waals surface area contributed by atoms with Gasteiger partial charge in [0.25, 0.3) is 0 Å². The predicted molar refractivity (Wildman–Crippen MR) is 73.9 cm³/mol. The van der Waals surface area contributed by atoms with Crippen LogP contribution in [0.25, 0.3) is 10.9 Å². The largest absolute Gasteiger partial charge is 0.326 e. The summed E-state index contributed by atoms with van der Waals surface area (Å²) in [5.74, 6) is 0. The minimum absolute atomic E-state index is 0.115. The number of likely N-dealkylation sites (N-methyl/N-ethyl adjacent to an activating group) is 1. The quantitative estimate of drug-likeness (QED) is 0.829. The molecule has 18 heavy (non-hydrogen) atoms. The molecule has 1 unspecified atom stereocenters. The van der Waals surface area contributed by atoms with Crippen LogP contribution in [0.15, 0.2) is 42.7 Å². The molecule has 0 bridgehead atoms. The van der Waals surface area contributed by atoms with Crippen molar-refractivity contribution in [3.05, 3.63) is 53.9 Å². The number of benzene rings is 1. The lowest BCUT2D eigenvalue weighted by atomic mass is 9.87. The molecule has 0 radical (unpaired) electrons. The molecule has 0 aliphatic carbocycles. The van der Waals surface area contributed by atoms with Gasteiger partial charge in [-0.1, -0.05) is 18.2 Å². The molecule has 1 aromatic carbocycles. The first kappa shape index (κ1) is 11.2. The summed E-state index contributed by atoms with van der Waals surface area (Å²) in [4.78, 5) is 4.51. The number of hydrogen-bond acceptors (Lipinski definition) is 3. The van der Waals surface area contributed by atoms with Crippen LogP contribution in [-0.4, -0.2) is 17.0 Å². The maximum Gasteiger partial charge on any atom is 0.0819 e. The van der Waals surface area contributed by atoms with E-state index in [1.165, 1.54) is 16.5 Å². The molecule has 0 amide bonds. The van der Waals surface area contributed by atoms with Gasteiger partial charge in [0.05, 0.1) is 11.1 Å². The van der Waals surface area contributed by atoms with Gasteiger partial charge in [-0.2, -0.15) is 0 Å². The monoisotopic (exact) mass is 239 g/mol. The summed E-state index contributed by atoms with van der Waals surface area (Å²) < 4.78 is 0. The Labute approximate surface area is 107 Å². The third-order valence-corrected chi connectivity index (χ3v) is 3.95. The molecule has 2 heterocycles. The Hall–Kier alpha value is -1.87. The van der Waals surface area contributed by atoms with Gasteiger partial charge in [-0.25, -0.2) is 5.01 Å². The van der Waals surface area contributed by atoms with Crippen molar-refractivity contribution < 1.29 is 0 Å². The smallest absolute Gasteiger partial charge is 0.0819 e. The number of hydrazine groups is 1. The molecular weight excluding hydrogens is 222 g/mol. The number of fused-ring (bicyclic) bond motifs is 1. The maximum absolute atomic E-state index is 4.51. The summed E-state index contributed by atoms with van der Waals surface area (Å²) in [5.41, 5.74) is 6.72. The fraction of sp³-hybridized carbons (Fsp3) is 0.267. The Morgan fingerprint density at radius 2 is 2.11 bits per heavy atom. The number of hydrogen-bond donors (Lipinski definition) is 1. The summed E-state index contributed by atoms with van der Waals surface area (Å²) in [6.07, 6.45) is 6.03. The van der Waals surface area contributed by atoms with E-state index < -0.39 is 0 Å². The zero-order chi connectivity index (χ0) is 12.8. The zero-order valence-corrected chi connectivity index (χ0v) is 10.9. The fourth-order valence-electron chi connectivity index (χ4n) is 2.67. The highest BCUT2D eigenvalue weighted by Gasteiger charge is 2.33. The van der Waals surface area contributed by atoms with Crippen molar-refractivity contribution in [3.63, 3.8) is 0 Å². The molecule has 0 fully saturated rings. The third-order valence-electron chi connectivity index (χ3n) is 3.95. The van der Waals surface area contributed by atoms with E-state index in [0.29, 0.717) is 0 Å². The Bertz CT molecular complexity index is 633. The molecule has 0 saturated heterocycles. The fourth-order valence-corrected chi connectivity index (χ4v) is 2.67. The van der Waals surface area contributed by atoms with Crippen molar-refractivity contribution in [3.8, 4) is 0 Å². The molecule has 92 valence electrons. The van der Waals surface area contributed by atoms with Gasteiger partial charge in [0.15, 0.2) is 0 Å². The van der Waals surface area contributed by atoms with E-state index >= 15 is 0 Å². The van der Waals surface area contributed by atoms with Crippen LogP contribution in [-0.2, 0) is 5.54 Å². The minimum atomic E-state index is -0.115. The first-order valence-electron chi connectivity index (χ1n) is 6.15. The number of aryl methyl sites for hydroxylation is 1. The van der Waals surface area contributed by atoms with E-state index in [4.69, 9.17) is 0 Å². The molecule has 1 aliphatic heterocycles. The molecule has 0 saturated carbocycles. The Morgan fingerprint density at radius 3 is 2.83 bits per heavy atom. The lowest BCUT2D eigenvalue weighted by Gasteiger charge is -2.33. The average Bonchev–Trinajstić information content (AvgIpc) is 2.71. The Balaban J connectivity index is 2.25. The van der Waals surface area contributed by atoms with E-state index in [-0.39, 0.29) is 5.54 Å². The molecular formula is C15H17N3. The van der Waals surface area contributed by atoms with Crippen molar-refractivity contribution in [1.82, 2.24) is 15.4 Å². The standard InChI is InChI=1S/C15H17N3/c1-11-13(15(2)8-10-17-18(15)3)7-6-12-5-4-9-16-14(11)12/h4-10,17H,1-3H3. The van der Waals surface area contributed by atoms with Gasteiger partial charge in [-0.05, 0) is 37.1 Å². The highest BCUT2D eigenvalue weighted by atomic mass is 15.5. The van der Waals surface area contributed by atoms with Crippen LogP contribution in [0.3, 0.4) is 0 Å². The third kappa shape index (κ3) is 1.44. The van der Waals surface area contributed by atoms with Crippen LogP contribution in [0.4, 0.5) is 0 Å². The van der Waals surface area contributed by atoms with E-state index in [1.807, 2.05) is 18.5 Å². The van der Waals surface area contributed by atoms with Crippen molar-refractivity contribution in [2.45, 2.75) is 19.4 Å². The van der Waals surface area contributed by atoms with Gasteiger partial charge in [0.1, 0.15) is 0 Å². The van der Waals surface area contributed by atoms with Crippen LogP contribution >= 0.6 is 0 Å². The van der Waals surface area contributed by atoms with Crippen molar-refractivity contribution >= 4 is 10.9 Å². The predicted octanol–water partition coefficient (Wildman–Crippen LogP) is 2.72. The number of nitrogens with one attached hydrogen (secondary N) is 1. The molecule has 1 aromatic heterocycles. The number of aromatic nitrogens is 1. The Kier molecular flexibility index (Phi) is 2.38. The summed E-state index contributed by atoms with van der Waals surface area (Å²) in [5, 5.41) is 3.31. The minimum Gasteiger partial charge on any atom is -0.326 e. The summed E-state index contributed by atoms with van der Waals surface area (Å²) in [6, 6.07) is 8.43. The molecule has 2 aromatic rings. The van der Waals surface area contributed by atoms with Crippen LogP contribution in [0, 0.1) is 6.92 Å². The lowest BCUT2D eigenvalue weighted by molar-refractivity contribution is 0.165. The second-order valence-electron chi connectivity index (χ2n) is 4.98. The molecule has 1 aliphatic rings. The molecule has 3 rings (SSSR count). The highest BCUT2D eigenvalue weighted by molar-refractivity contribution is 5.83. The summed E-state index contributed by atoms with van der Waals surface area (Å²) in [6.45, 7) is 4.36. The molecule has 0 spiro atoms. The van der Waals surface area contributed by atoms with Gasteiger partial charge in [-0.3, -0.25) is 4.98 Å². The van der Waals surface area contributed by atoms with Crippen LogP contribution < -0.4 is 5.43 Å². The van der Waals surface area contributed by atoms with Crippen LogP contribution in [0.2, 0.25) is 0 Å². The Morgan fingerprint density at radius 1 is 1.28 bits per heavy atom. The van der Waals surface area contributed by atoms with Gasteiger partial charge < -0.3 is 5.43 Å². The van der Waals surface area contributed by atoms with Crippen molar-refractivity contribution in [1.29, 1.82) is 0 Å². The first-order chi connectivity index (χ1) is 8.63. The first-order valence-corrected chi connectivity index (χ1v) is 6.15. The molecule has 1 atom stereocenters. The van der Waals surface area contributed by atoms with Gasteiger partial charge in [0, 0.05) is 24.8 Å².